The van der Waals surface area contributed by atoms with Crippen LogP contribution in [0.4, 0.5) is 18.9 Å². The van der Waals surface area contributed by atoms with Crippen molar-refractivity contribution < 1.29 is 45.3 Å². The molecule has 0 aliphatic rings. The molecule has 0 unspecified atom stereocenters. The molecule has 3 rings (SSSR count). The zero-order valence-corrected chi connectivity index (χ0v) is 23.9. The normalized spacial score (nSPS) is 11.6. The zero-order chi connectivity index (χ0) is 30.4. The largest absolute Gasteiger partial charge is 0.493 e. The SMILES string of the molecule is COc1ccc(S(=O)(=O)N(CC(=O)NCc2ccc(OC(C)C)c(OC)c2)c2cccc(C(F)(F)F)c2)cc1OC. The lowest BCUT2D eigenvalue weighted by Gasteiger charge is -2.25. The maximum atomic E-state index is 13.7. The Labute approximate surface area is 236 Å². The third kappa shape index (κ3) is 7.75. The molecule has 9 nitrogen and oxygen atoms in total. The number of alkyl halides is 3. The van der Waals surface area contributed by atoms with Crippen molar-refractivity contribution in [2.45, 2.75) is 37.6 Å². The number of nitrogens with one attached hydrogen (secondary N) is 1. The summed E-state index contributed by atoms with van der Waals surface area (Å²) in [7, 11) is -0.403. The molecule has 41 heavy (non-hydrogen) atoms. The molecule has 1 amide bonds. The van der Waals surface area contributed by atoms with Gasteiger partial charge >= 0.3 is 6.18 Å². The first-order chi connectivity index (χ1) is 19.3. The fourth-order valence-electron chi connectivity index (χ4n) is 3.82. The van der Waals surface area contributed by atoms with Crippen LogP contribution in [0.15, 0.2) is 65.6 Å². The molecular weight excluding hydrogens is 565 g/mol. The number of hydrogen-bond donors (Lipinski definition) is 1. The molecule has 0 aliphatic carbocycles. The lowest BCUT2D eigenvalue weighted by Crippen LogP contribution is -2.40. The molecule has 222 valence electrons. The summed E-state index contributed by atoms with van der Waals surface area (Å²) in [6, 6.07) is 12.5. The number of methoxy groups -OCH3 is 3. The van der Waals surface area contributed by atoms with E-state index < -0.39 is 34.2 Å². The Morgan fingerprint density at radius 3 is 2.12 bits per heavy atom. The number of ether oxygens (including phenoxy) is 4. The van der Waals surface area contributed by atoms with E-state index in [2.05, 4.69) is 5.32 Å². The summed E-state index contributed by atoms with van der Waals surface area (Å²) < 4.78 is 89.8. The Hall–Kier alpha value is -4.13. The Morgan fingerprint density at radius 2 is 1.51 bits per heavy atom. The van der Waals surface area contributed by atoms with Crippen LogP contribution in [0, 0.1) is 0 Å². The minimum atomic E-state index is -4.73. The number of halogens is 3. The Kier molecular flexibility index (Phi) is 9.97. The molecule has 3 aromatic carbocycles. The Balaban J connectivity index is 1.93. The summed E-state index contributed by atoms with van der Waals surface area (Å²) in [5.41, 5.74) is -0.792. The zero-order valence-electron chi connectivity index (χ0n) is 23.1. The summed E-state index contributed by atoms with van der Waals surface area (Å²) in [4.78, 5) is 12.7. The van der Waals surface area contributed by atoms with Crippen LogP contribution < -0.4 is 28.6 Å². The van der Waals surface area contributed by atoms with Gasteiger partial charge in [0.2, 0.25) is 5.91 Å². The number of carbonyl (C=O) groups excluding carboxylic acids is 1. The van der Waals surface area contributed by atoms with Gasteiger partial charge in [-0.15, -0.1) is 0 Å². The van der Waals surface area contributed by atoms with E-state index in [4.69, 9.17) is 18.9 Å². The lowest BCUT2D eigenvalue weighted by atomic mass is 10.2. The molecule has 1 N–H and O–H groups in total. The molecule has 0 heterocycles. The van der Waals surface area contributed by atoms with Gasteiger partial charge in [0.1, 0.15) is 6.54 Å². The van der Waals surface area contributed by atoms with E-state index in [1.807, 2.05) is 13.8 Å². The predicted octanol–water partition coefficient (Wildman–Crippen LogP) is 5.03. The molecule has 3 aromatic rings. The highest BCUT2D eigenvalue weighted by Crippen LogP contribution is 2.35. The maximum absolute atomic E-state index is 13.7. The first kappa shape index (κ1) is 31.4. The van der Waals surface area contributed by atoms with Crippen LogP contribution in [0.2, 0.25) is 0 Å². The van der Waals surface area contributed by atoms with Crippen LogP contribution in [0.25, 0.3) is 0 Å². The average molecular weight is 597 g/mol. The third-order valence-electron chi connectivity index (χ3n) is 5.77. The highest BCUT2D eigenvalue weighted by molar-refractivity contribution is 7.92. The minimum absolute atomic E-state index is 0.00993. The van der Waals surface area contributed by atoms with E-state index in [0.29, 0.717) is 27.4 Å². The first-order valence-corrected chi connectivity index (χ1v) is 13.8. The summed E-state index contributed by atoms with van der Waals surface area (Å²) in [6.07, 6.45) is -4.83. The van der Waals surface area contributed by atoms with E-state index in [9.17, 15) is 26.4 Å². The molecule has 0 atom stereocenters. The lowest BCUT2D eigenvalue weighted by molar-refractivity contribution is -0.137. The molecule has 0 saturated heterocycles. The first-order valence-electron chi connectivity index (χ1n) is 12.3. The van der Waals surface area contributed by atoms with E-state index in [0.717, 1.165) is 12.1 Å². The van der Waals surface area contributed by atoms with Gasteiger partial charge in [0.05, 0.1) is 43.6 Å². The number of carbonyl (C=O) groups is 1. The van der Waals surface area contributed by atoms with Gasteiger partial charge < -0.3 is 24.3 Å². The highest BCUT2D eigenvalue weighted by Gasteiger charge is 2.33. The van der Waals surface area contributed by atoms with Crippen molar-refractivity contribution in [2.75, 3.05) is 32.2 Å². The second kappa shape index (κ2) is 13.0. The molecular formula is C28H31F3N2O7S. The fourth-order valence-corrected chi connectivity index (χ4v) is 5.25. The molecule has 0 saturated carbocycles. The number of amides is 1. The summed E-state index contributed by atoms with van der Waals surface area (Å²) >= 11 is 0. The number of nitrogens with zero attached hydrogens (tertiary/aromatic N) is 1. The monoisotopic (exact) mass is 596 g/mol. The standard InChI is InChI=1S/C28H31F3N2O7S/c1-18(2)40-24-11-9-19(13-25(24)38-4)16-32-27(34)17-33(21-8-6-7-20(14-21)28(29,30)31)41(35,36)22-10-12-23(37-3)26(15-22)39-5/h6-15,18H,16-17H2,1-5H3,(H,32,34). The van der Waals surface area contributed by atoms with Gasteiger partial charge in [0.15, 0.2) is 23.0 Å². The van der Waals surface area contributed by atoms with Gasteiger partial charge in [-0.3, -0.25) is 9.10 Å². The highest BCUT2D eigenvalue weighted by atomic mass is 32.2. The maximum Gasteiger partial charge on any atom is 0.416 e. The summed E-state index contributed by atoms with van der Waals surface area (Å²) in [5.74, 6) is 0.519. The molecule has 0 spiro atoms. The number of anilines is 1. The number of sulfonamides is 1. The van der Waals surface area contributed by atoms with E-state index in [-0.39, 0.29) is 34.7 Å². The van der Waals surface area contributed by atoms with Crippen molar-refractivity contribution in [2.24, 2.45) is 0 Å². The van der Waals surface area contributed by atoms with Gasteiger partial charge in [0.25, 0.3) is 10.0 Å². The summed E-state index contributed by atoms with van der Waals surface area (Å²) in [6.45, 7) is 2.91. The van der Waals surface area contributed by atoms with Gasteiger partial charge in [-0.25, -0.2) is 8.42 Å². The van der Waals surface area contributed by atoms with E-state index in [1.54, 1.807) is 18.2 Å². The van der Waals surface area contributed by atoms with Crippen molar-refractivity contribution in [3.05, 3.63) is 71.8 Å². The minimum Gasteiger partial charge on any atom is -0.493 e. The molecule has 0 radical (unpaired) electrons. The van der Waals surface area contributed by atoms with Crippen LogP contribution in [0.1, 0.15) is 25.0 Å². The van der Waals surface area contributed by atoms with Crippen molar-refractivity contribution >= 4 is 21.6 Å². The van der Waals surface area contributed by atoms with Crippen LogP contribution in [0.5, 0.6) is 23.0 Å². The number of benzene rings is 3. The van der Waals surface area contributed by atoms with Crippen molar-refractivity contribution in [3.8, 4) is 23.0 Å². The molecule has 0 aromatic heterocycles. The van der Waals surface area contributed by atoms with Gasteiger partial charge in [-0.05, 0) is 61.9 Å². The fraction of sp³-hybridized carbons (Fsp3) is 0.321. The Bertz CT molecular complexity index is 1480. The topological polar surface area (TPSA) is 103 Å². The summed E-state index contributed by atoms with van der Waals surface area (Å²) in [5, 5.41) is 2.61. The quantitative estimate of drug-likeness (QED) is 0.313. The van der Waals surface area contributed by atoms with Crippen LogP contribution in [-0.2, 0) is 27.5 Å². The smallest absolute Gasteiger partial charge is 0.416 e. The van der Waals surface area contributed by atoms with Crippen molar-refractivity contribution in [3.63, 3.8) is 0 Å². The second-order valence-electron chi connectivity index (χ2n) is 9.01. The Morgan fingerprint density at radius 1 is 0.878 bits per heavy atom. The average Bonchev–Trinajstić information content (AvgIpc) is 2.94. The van der Waals surface area contributed by atoms with Gasteiger partial charge in [-0.1, -0.05) is 12.1 Å². The van der Waals surface area contributed by atoms with Crippen LogP contribution >= 0.6 is 0 Å². The second-order valence-corrected chi connectivity index (χ2v) is 10.9. The third-order valence-corrected chi connectivity index (χ3v) is 7.54. The van der Waals surface area contributed by atoms with Crippen LogP contribution in [0.3, 0.4) is 0 Å². The van der Waals surface area contributed by atoms with Crippen LogP contribution in [-0.4, -0.2) is 48.3 Å². The molecule has 0 aliphatic heterocycles. The molecule has 0 fully saturated rings. The molecule has 13 heteroatoms. The number of hydrogen-bond acceptors (Lipinski definition) is 7. The predicted molar refractivity (Wildman–Crippen MR) is 146 cm³/mol. The van der Waals surface area contributed by atoms with Gasteiger partial charge in [0, 0.05) is 12.6 Å². The van der Waals surface area contributed by atoms with Crippen molar-refractivity contribution in [1.29, 1.82) is 0 Å². The molecule has 0 bridgehead atoms. The van der Waals surface area contributed by atoms with Crippen molar-refractivity contribution in [1.82, 2.24) is 5.32 Å². The number of rotatable bonds is 12. The van der Waals surface area contributed by atoms with Gasteiger partial charge in [-0.2, -0.15) is 13.2 Å². The van der Waals surface area contributed by atoms with E-state index in [1.165, 1.54) is 45.6 Å². The van der Waals surface area contributed by atoms with E-state index >= 15 is 0 Å².